The van der Waals surface area contributed by atoms with Crippen LogP contribution in [-0.4, -0.2) is 36.6 Å². The first-order chi connectivity index (χ1) is 9.97. The van der Waals surface area contributed by atoms with Gasteiger partial charge in [0.1, 0.15) is 5.75 Å². The van der Waals surface area contributed by atoms with Gasteiger partial charge in [-0.25, -0.2) is 0 Å². The minimum Gasteiger partial charge on any atom is -0.495 e. The van der Waals surface area contributed by atoms with Gasteiger partial charge in [0.2, 0.25) is 5.91 Å². The summed E-state index contributed by atoms with van der Waals surface area (Å²) >= 11 is 1.24. The van der Waals surface area contributed by atoms with E-state index in [2.05, 4.69) is 5.32 Å². The van der Waals surface area contributed by atoms with E-state index in [1.165, 1.54) is 11.8 Å². The van der Waals surface area contributed by atoms with Gasteiger partial charge in [0.05, 0.1) is 30.4 Å². The van der Waals surface area contributed by atoms with Gasteiger partial charge in [-0.15, -0.1) is 11.8 Å². The van der Waals surface area contributed by atoms with Crippen molar-refractivity contribution in [1.29, 1.82) is 0 Å². The number of carbonyl (C=O) groups is 2. The summed E-state index contributed by atoms with van der Waals surface area (Å²) in [6.07, 6.45) is 0. The van der Waals surface area contributed by atoms with Crippen molar-refractivity contribution in [3.05, 3.63) is 23.8 Å². The van der Waals surface area contributed by atoms with E-state index in [4.69, 9.17) is 9.47 Å². The molecule has 0 radical (unpaired) electrons. The second-order valence-electron chi connectivity index (χ2n) is 4.45. The highest BCUT2D eigenvalue weighted by molar-refractivity contribution is 8.01. The van der Waals surface area contributed by atoms with E-state index in [0.29, 0.717) is 18.0 Å². The quantitative estimate of drug-likeness (QED) is 0.784. The topological polar surface area (TPSA) is 64.6 Å². The van der Waals surface area contributed by atoms with E-state index >= 15 is 0 Å². The molecule has 0 saturated carbocycles. The molecule has 0 saturated heterocycles. The van der Waals surface area contributed by atoms with Gasteiger partial charge >= 0.3 is 5.97 Å². The maximum Gasteiger partial charge on any atom is 0.315 e. The fraction of sp³-hybridized carbons (Fsp3) is 0.467. The lowest BCUT2D eigenvalue weighted by Crippen LogP contribution is -2.24. The van der Waals surface area contributed by atoms with E-state index in [1.54, 1.807) is 27.0 Å². The Morgan fingerprint density at radius 1 is 1.38 bits per heavy atom. The summed E-state index contributed by atoms with van der Waals surface area (Å²) in [5, 5.41) is 2.46. The number of nitrogens with one attached hydrogen (secondary N) is 1. The molecule has 1 aromatic rings. The first kappa shape index (κ1) is 17.4. The van der Waals surface area contributed by atoms with Crippen molar-refractivity contribution < 1.29 is 19.1 Å². The SMILES string of the molecule is CCOC(=O)CS[C@H](C)C(=O)Nc1cc(C)ccc1OC. The normalized spacial score (nSPS) is 11.6. The van der Waals surface area contributed by atoms with Crippen LogP contribution in [0, 0.1) is 6.92 Å². The van der Waals surface area contributed by atoms with Crippen LogP contribution in [0.15, 0.2) is 18.2 Å². The molecule has 116 valence electrons. The fourth-order valence-electron chi connectivity index (χ4n) is 1.63. The van der Waals surface area contributed by atoms with E-state index < -0.39 is 0 Å². The molecule has 0 spiro atoms. The van der Waals surface area contributed by atoms with Crippen LogP contribution in [0.2, 0.25) is 0 Å². The Kier molecular flexibility index (Phi) is 7.08. The Bertz CT molecular complexity index is 504. The Morgan fingerprint density at radius 3 is 2.71 bits per heavy atom. The molecular formula is C15H21NO4S. The highest BCUT2D eigenvalue weighted by Gasteiger charge is 2.17. The van der Waals surface area contributed by atoms with Gasteiger partial charge in [0.25, 0.3) is 0 Å². The van der Waals surface area contributed by atoms with Gasteiger partial charge < -0.3 is 14.8 Å². The van der Waals surface area contributed by atoms with Crippen LogP contribution in [0.4, 0.5) is 5.69 Å². The zero-order valence-corrected chi connectivity index (χ0v) is 13.6. The van der Waals surface area contributed by atoms with E-state index in [1.807, 2.05) is 19.1 Å². The molecule has 21 heavy (non-hydrogen) atoms. The summed E-state index contributed by atoms with van der Waals surface area (Å²) in [7, 11) is 1.55. The molecule has 1 rings (SSSR count). The Labute approximate surface area is 129 Å². The third-order valence-electron chi connectivity index (χ3n) is 2.74. The van der Waals surface area contributed by atoms with Crippen LogP contribution < -0.4 is 10.1 Å². The summed E-state index contributed by atoms with van der Waals surface area (Å²) in [6.45, 7) is 5.79. The molecule has 1 aromatic carbocycles. The van der Waals surface area contributed by atoms with Crippen molar-refractivity contribution in [2.45, 2.75) is 26.0 Å². The van der Waals surface area contributed by atoms with Gasteiger partial charge in [-0.05, 0) is 38.5 Å². The zero-order valence-electron chi connectivity index (χ0n) is 12.8. The number of aryl methyl sites for hydroxylation is 1. The minimum atomic E-state index is -0.361. The second-order valence-corrected chi connectivity index (χ2v) is 5.78. The number of carbonyl (C=O) groups excluding carboxylic acids is 2. The number of esters is 1. The van der Waals surface area contributed by atoms with Crippen LogP contribution in [-0.2, 0) is 14.3 Å². The molecule has 0 unspecified atom stereocenters. The maximum atomic E-state index is 12.1. The summed E-state index contributed by atoms with van der Waals surface area (Å²) in [5.41, 5.74) is 1.66. The highest BCUT2D eigenvalue weighted by Crippen LogP contribution is 2.26. The lowest BCUT2D eigenvalue weighted by Gasteiger charge is -2.14. The van der Waals surface area contributed by atoms with Crippen LogP contribution in [0.3, 0.4) is 0 Å². The fourth-order valence-corrected chi connectivity index (χ4v) is 2.30. The monoisotopic (exact) mass is 311 g/mol. The first-order valence-electron chi connectivity index (χ1n) is 6.70. The number of methoxy groups -OCH3 is 1. The number of ether oxygens (including phenoxy) is 2. The highest BCUT2D eigenvalue weighted by atomic mass is 32.2. The molecule has 0 heterocycles. The molecule has 0 aliphatic rings. The van der Waals surface area contributed by atoms with Gasteiger partial charge in [-0.1, -0.05) is 6.07 Å². The van der Waals surface area contributed by atoms with Crippen molar-refractivity contribution in [3.63, 3.8) is 0 Å². The largest absolute Gasteiger partial charge is 0.495 e. The van der Waals surface area contributed by atoms with Crippen molar-refractivity contribution >= 4 is 29.3 Å². The predicted molar refractivity (Wildman–Crippen MR) is 84.9 cm³/mol. The van der Waals surface area contributed by atoms with E-state index in [9.17, 15) is 9.59 Å². The lowest BCUT2D eigenvalue weighted by atomic mass is 10.2. The summed E-state index contributed by atoms with van der Waals surface area (Å²) in [5.74, 6) is 0.285. The third kappa shape index (κ3) is 5.67. The number of rotatable bonds is 7. The Hall–Kier alpha value is -1.69. The molecule has 0 aromatic heterocycles. The number of benzene rings is 1. The van der Waals surface area contributed by atoms with Crippen molar-refractivity contribution in [1.82, 2.24) is 0 Å². The minimum absolute atomic E-state index is 0.160. The summed E-state index contributed by atoms with van der Waals surface area (Å²) in [6, 6.07) is 5.56. The van der Waals surface area contributed by atoms with E-state index in [0.717, 1.165) is 5.56 Å². The lowest BCUT2D eigenvalue weighted by molar-refractivity contribution is -0.139. The first-order valence-corrected chi connectivity index (χ1v) is 7.75. The number of hydrogen-bond acceptors (Lipinski definition) is 5. The van der Waals surface area contributed by atoms with Gasteiger partial charge in [-0.3, -0.25) is 9.59 Å². The number of amides is 1. The number of hydrogen-bond donors (Lipinski definition) is 1. The average Bonchev–Trinajstić information content (AvgIpc) is 2.45. The molecule has 0 aliphatic heterocycles. The average molecular weight is 311 g/mol. The van der Waals surface area contributed by atoms with Crippen molar-refractivity contribution in [2.24, 2.45) is 0 Å². The second kappa shape index (κ2) is 8.56. The third-order valence-corrected chi connectivity index (χ3v) is 3.86. The molecule has 0 bridgehead atoms. The molecule has 0 aliphatic carbocycles. The van der Waals surface area contributed by atoms with Crippen molar-refractivity contribution in [2.75, 3.05) is 24.8 Å². The van der Waals surface area contributed by atoms with Gasteiger partial charge in [0, 0.05) is 0 Å². The molecule has 0 fully saturated rings. The Morgan fingerprint density at radius 2 is 2.10 bits per heavy atom. The number of anilines is 1. The molecule has 5 nitrogen and oxygen atoms in total. The summed E-state index contributed by atoms with van der Waals surface area (Å²) in [4.78, 5) is 23.4. The van der Waals surface area contributed by atoms with E-state index in [-0.39, 0.29) is 22.9 Å². The van der Waals surface area contributed by atoms with Crippen LogP contribution in [0.1, 0.15) is 19.4 Å². The molecule has 6 heteroatoms. The van der Waals surface area contributed by atoms with Crippen LogP contribution >= 0.6 is 11.8 Å². The van der Waals surface area contributed by atoms with Gasteiger partial charge in [0.15, 0.2) is 0 Å². The Balaban J connectivity index is 2.60. The van der Waals surface area contributed by atoms with Crippen LogP contribution in [0.5, 0.6) is 5.75 Å². The van der Waals surface area contributed by atoms with Crippen LogP contribution in [0.25, 0.3) is 0 Å². The summed E-state index contributed by atoms with van der Waals surface area (Å²) < 4.78 is 10.0. The number of thioether (sulfide) groups is 1. The molecule has 1 amide bonds. The molecule has 1 atom stereocenters. The molecule has 1 N–H and O–H groups in total. The molecular weight excluding hydrogens is 290 g/mol. The maximum absolute atomic E-state index is 12.1. The zero-order chi connectivity index (χ0) is 15.8. The standard InChI is InChI=1S/C15H21NO4S/c1-5-20-14(17)9-21-11(3)15(18)16-12-8-10(2)6-7-13(12)19-4/h6-8,11H,5,9H2,1-4H3,(H,16,18)/t11-/m1/s1. The predicted octanol–water partition coefficient (Wildman–Crippen LogP) is 2.63. The van der Waals surface area contributed by atoms with Crippen molar-refractivity contribution in [3.8, 4) is 5.75 Å². The van der Waals surface area contributed by atoms with Gasteiger partial charge in [-0.2, -0.15) is 0 Å². The smallest absolute Gasteiger partial charge is 0.315 e.